The summed E-state index contributed by atoms with van der Waals surface area (Å²) in [4.78, 5) is 12.2. The number of rotatable bonds is 8. The van der Waals surface area contributed by atoms with Gasteiger partial charge in [-0.15, -0.1) is 0 Å². The van der Waals surface area contributed by atoms with Crippen molar-refractivity contribution in [2.75, 3.05) is 12.0 Å². The molecule has 0 heterocycles. The summed E-state index contributed by atoms with van der Waals surface area (Å²) in [6.07, 6.45) is 4.68. The fourth-order valence-corrected chi connectivity index (χ4v) is 2.22. The summed E-state index contributed by atoms with van der Waals surface area (Å²) in [7, 11) is 0. The van der Waals surface area contributed by atoms with E-state index in [0.29, 0.717) is 4.99 Å². The molecule has 0 saturated carbocycles. The third kappa shape index (κ3) is 6.33. The largest absolute Gasteiger partial charge is 0.393 e. The lowest BCUT2D eigenvalue weighted by Crippen LogP contribution is -2.42. The van der Waals surface area contributed by atoms with Crippen LogP contribution >= 0.6 is 24.0 Å². The van der Waals surface area contributed by atoms with Crippen LogP contribution in [0.5, 0.6) is 0 Å². The predicted molar refractivity (Wildman–Crippen MR) is 75.8 cm³/mol. The molecule has 1 amide bonds. The molecule has 16 heavy (non-hydrogen) atoms. The Balaban J connectivity index is 4.13. The number of carbonyl (C=O) groups excluding carboxylic acids is 1. The first-order valence-corrected chi connectivity index (χ1v) is 7.41. The molecule has 3 N–H and O–H groups in total. The summed E-state index contributed by atoms with van der Waals surface area (Å²) >= 11 is 6.69. The Hall–Kier alpha value is -0.290. The lowest BCUT2D eigenvalue weighted by atomic mass is 10.0. The molecule has 0 aliphatic rings. The van der Waals surface area contributed by atoms with Gasteiger partial charge in [-0.05, 0) is 31.8 Å². The quantitative estimate of drug-likeness (QED) is 0.657. The van der Waals surface area contributed by atoms with E-state index < -0.39 is 0 Å². The second-order valence-electron chi connectivity index (χ2n) is 3.93. The van der Waals surface area contributed by atoms with Gasteiger partial charge in [-0.25, -0.2) is 0 Å². The van der Waals surface area contributed by atoms with Crippen LogP contribution in [0.1, 0.15) is 33.1 Å². The van der Waals surface area contributed by atoms with E-state index in [4.69, 9.17) is 18.0 Å². The molecule has 0 aromatic heterocycles. The fraction of sp³-hybridized carbons (Fsp3) is 0.818. The van der Waals surface area contributed by atoms with Crippen LogP contribution in [0.2, 0.25) is 0 Å². The number of hydrogen-bond donors (Lipinski definition) is 2. The minimum Gasteiger partial charge on any atom is -0.393 e. The lowest BCUT2D eigenvalue weighted by Gasteiger charge is -2.18. The van der Waals surface area contributed by atoms with Crippen LogP contribution in [-0.2, 0) is 4.79 Å². The molecule has 94 valence electrons. The van der Waals surface area contributed by atoms with E-state index in [1.54, 1.807) is 11.8 Å². The Morgan fingerprint density at radius 2 is 2.12 bits per heavy atom. The van der Waals surface area contributed by atoms with Crippen molar-refractivity contribution in [1.82, 2.24) is 5.32 Å². The van der Waals surface area contributed by atoms with Gasteiger partial charge in [0.2, 0.25) is 5.91 Å². The predicted octanol–water partition coefficient (Wildman–Crippen LogP) is 1.95. The number of carbonyl (C=O) groups is 1. The SMILES string of the molecule is CCCC(C(=O)NC(C)CCSC)C(N)=S. The van der Waals surface area contributed by atoms with Crippen LogP contribution < -0.4 is 11.1 Å². The molecule has 0 aromatic carbocycles. The molecule has 3 nitrogen and oxygen atoms in total. The summed E-state index contributed by atoms with van der Waals surface area (Å²) < 4.78 is 0. The highest BCUT2D eigenvalue weighted by molar-refractivity contribution is 7.98. The van der Waals surface area contributed by atoms with Crippen LogP contribution in [0.3, 0.4) is 0 Å². The van der Waals surface area contributed by atoms with E-state index in [2.05, 4.69) is 11.6 Å². The van der Waals surface area contributed by atoms with Crippen molar-refractivity contribution in [3.63, 3.8) is 0 Å². The van der Waals surface area contributed by atoms with Crippen molar-refractivity contribution in [3.05, 3.63) is 0 Å². The summed E-state index contributed by atoms with van der Waals surface area (Å²) in [6.45, 7) is 4.03. The maximum atomic E-state index is 11.9. The third-order valence-electron chi connectivity index (χ3n) is 2.38. The minimum absolute atomic E-state index is 0.0250. The van der Waals surface area contributed by atoms with E-state index >= 15 is 0 Å². The summed E-state index contributed by atoms with van der Waals surface area (Å²) in [5.74, 6) is 0.715. The van der Waals surface area contributed by atoms with Gasteiger partial charge in [-0.3, -0.25) is 4.79 Å². The second-order valence-corrected chi connectivity index (χ2v) is 5.39. The summed E-state index contributed by atoms with van der Waals surface area (Å²) in [5.41, 5.74) is 5.57. The van der Waals surface area contributed by atoms with Crippen molar-refractivity contribution in [2.24, 2.45) is 11.7 Å². The normalized spacial score (nSPS) is 14.2. The van der Waals surface area contributed by atoms with E-state index in [1.807, 2.05) is 13.8 Å². The molecule has 0 fully saturated rings. The topological polar surface area (TPSA) is 55.1 Å². The molecule has 0 aliphatic carbocycles. The minimum atomic E-state index is -0.309. The van der Waals surface area contributed by atoms with E-state index in [9.17, 15) is 4.79 Å². The number of nitrogens with one attached hydrogen (secondary N) is 1. The molecular formula is C11H22N2OS2. The smallest absolute Gasteiger partial charge is 0.230 e. The second kappa shape index (κ2) is 8.82. The van der Waals surface area contributed by atoms with Gasteiger partial charge in [-0.1, -0.05) is 25.6 Å². The zero-order chi connectivity index (χ0) is 12.6. The van der Waals surface area contributed by atoms with Crippen molar-refractivity contribution in [3.8, 4) is 0 Å². The summed E-state index contributed by atoms with van der Waals surface area (Å²) in [5, 5.41) is 2.96. The van der Waals surface area contributed by atoms with Crippen LogP contribution in [-0.4, -0.2) is 28.9 Å². The Morgan fingerprint density at radius 1 is 1.50 bits per heavy atom. The molecule has 0 aromatic rings. The van der Waals surface area contributed by atoms with Crippen LogP contribution in [0.25, 0.3) is 0 Å². The molecule has 0 rings (SSSR count). The average molecular weight is 262 g/mol. The van der Waals surface area contributed by atoms with Gasteiger partial charge < -0.3 is 11.1 Å². The molecular weight excluding hydrogens is 240 g/mol. The molecule has 2 unspecified atom stereocenters. The standard InChI is InChI=1S/C11H22N2OS2/c1-4-5-9(10(12)15)11(14)13-8(2)6-7-16-3/h8-9H,4-7H2,1-3H3,(H2,12,15)(H,13,14). The lowest BCUT2D eigenvalue weighted by molar-refractivity contribution is -0.123. The van der Waals surface area contributed by atoms with E-state index in [-0.39, 0.29) is 17.9 Å². The van der Waals surface area contributed by atoms with E-state index in [0.717, 1.165) is 25.0 Å². The maximum absolute atomic E-state index is 11.9. The van der Waals surface area contributed by atoms with Gasteiger partial charge >= 0.3 is 0 Å². The third-order valence-corrected chi connectivity index (χ3v) is 3.31. The van der Waals surface area contributed by atoms with Gasteiger partial charge in [0.05, 0.1) is 10.9 Å². The molecule has 0 bridgehead atoms. The first kappa shape index (κ1) is 15.7. The molecule has 0 saturated heterocycles. The zero-order valence-corrected chi connectivity index (χ0v) is 11.9. The highest BCUT2D eigenvalue weighted by atomic mass is 32.2. The van der Waals surface area contributed by atoms with Crippen LogP contribution in [0, 0.1) is 5.92 Å². The van der Waals surface area contributed by atoms with Crippen molar-refractivity contribution in [1.29, 1.82) is 0 Å². The number of hydrogen-bond acceptors (Lipinski definition) is 3. The Labute approximate surface area is 108 Å². The van der Waals surface area contributed by atoms with Crippen LogP contribution in [0.15, 0.2) is 0 Å². The first-order chi connectivity index (χ1) is 7.52. The number of amides is 1. The molecule has 2 atom stereocenters. The highest BCUT2D eigenvalue weighted by Gasteiger charge is 2.21. The van der Waals surface area contributed by atoms with Crippen molar-refractivity contribution >= 4 is 34.9 Å². The average Bonchev–Trinajstić information content (AvgIpc) is 2.22. The zero-order valence-electron chi connectivity index (χ0n) is 10.3. The van der Waals surface area contributed by atoms with Gasteiger partial charge in [0.1, 0.15) is 0 Å². The molecule has 0 aliphatic heterocycles. The molecule has 0 radical (unpaired) electrons. The Kier molecular flexibility index (Phi) is 8.66. The molecule has 5 heteroatoms. The van der Waals surface area contributed by atoms with Gasteiger partial charge in [0.15, 0.2) is 0 Å². The van der Waals surface area contributed by atoms with Gasteiger partial charge in [0.25, 0.3) is 0 Å². The Morgan fingerprint density at radius 3 is 2.56 bits per heavy atom. The number of thioether (sulfide) groups is 1. The molecule has 0 spiro atoms. The number of thiocarbonyl (C=S) groups is 1. The Bertz CT molecular complexity index is 234. The van der Waals surface area contributed by atoms with Crippen molar-refractivity contribution in [2.45, 2.75) is 39.2 Å². The van der Waals surface area contributed by atoms with Gasteiger partial charge in [0, 0.05) is 6.04 Å². The van der Waals surface area contributed by atoms with Gasteiger partial charge in [-0.2, -0.15) is 11.8 Å². The first-order valence-electron chi connectivity index (χ1n) is 5.61. The van der Waals surface area contributed by atoms with E-state index in [1.165, 1.54) is 0 Å². The summed E-state index contributed by atoms with van der Waals surface area (Å²) in [6, 6.07) is 0.189. The number of nitrogens with two attached hydrogens (primary N) is 1. The monoisotopic (exact) mass is 262 g/mol. The van der Waals surface area contributed by atoms with Crippen LogP contribution in [0.4, 0.5) is 0 Å². The maximum Gasteiger partial charge on any atom is 0.230 e. The highest BCUT2D eigenvalue weighted by Crippen LogP contribution is 2.08. The van der Waals surface area contributed by atoms with Crippen molar-refractivity contribution < 1.29 is 4.79 Å². The fourth-order valence-electron chi connectivity index (χ4n) is 1.40.